The fourth-order valence-electron chi connectivity index (χ4n) is 1.98. The van der Waals surface area contributed by atoms with Crippen LogP contribution in [0.15, 0.2) is 48.5 Å². The Kier molecular flexibility index (Phi) is 3.74. The van der Waals surface area contributed by atoms with Crippen molar-refractivity contribution in [3.63, 3.8) is 0 Å². The van der Waals surface area contributed by atoms with Crippen molar-refractivity contribution >= 4 is 0 Å². The van der Waals surface area contributed by atoms with E-state index in [4.69, 9.17) is 10.5 Å². The van der Waals surface area contributed by atoms with Crippen LogP contribution in [-0.2, 0) is 12.8 Å². The van der Waals surface area contributed by atoms with Crippen LogP contribution >= 0.6 is 0 Å². The SMILES string of the molecule is N#CCc1ccc(-c2ccccc2)c(CC#N)c1. The van der Waals surface area contributed by atoms with Gasteiger partial charge in [-0.3, -0.25) is 0 Å². The van der Waals surface area contributed by atoms with Crippen LogP contribution < -0.4 is 0 Å². The van der Waals surface area contributed by atoms with Gasteiger partial charge in [-0.2, -0.15) is 10.5 Å². The lowest BCUT2D eigenvalue weighted by Gasteiger charge is -2.08. The molecule has 0 aliphatic heterocycles. The minimum Gasteiger partial charge on any atom is -0.198 e. The van der Waals surface area contributed by atoms with Crippen LogP contribution in [0.3, 0.4) is 0 Å². The summed E-state index contributed by atoms with van der Waals surface area (Å²) in [5.41, 5.74) is 4.11. The van der Waals surface area contributed by atoms with Crippen LogP contribution in [-0.4, -0.2) is 0 Å². The van der Waals surface area contributed by atoms with Crippen LogP contribution in [0.5, 0.6) is 0 Å². The van der Waals surface area contributed by atoms with E-state index in [1.54, 1.807) is 0 Å². The predicted molar refractivity (Wildman–Crippen MR) is 70.5 cm³/mol. The van der Waals surface area contributed by atoms with Crippen molar-refractivity contribution < 1.29 is 0 Å². The summed E-state index contributed by atoms with van der Waals surface area (Å²) in [7, 11) is 0. The van der Waals surface area contributed by atoms with Gasteiger partial charge in [0.05, 0.1) is 25.0 Å². The molecule has 2 heteroatoms. The summed E-state index contributed by atoms with van der Waals surface area (Å²) in [5.74, 6) is 0. The van der Waals surface area contributed by atoms with Gasteiger partial charge in [-0.05, 0) is 22.3 Å². The lowest BCUT2D eigenvalue weighted by molar-refractivity contribution is 1.20. The second-order valence-corrected chi connectivity index (χ2v) is 4.03. The van der Waals surface area contributed by atoms with Crippen molar-refractivity contribution in [2.45, 2.75) is 12.8 Å². The number of hydrogen-bond acceptors (Lipinski definition) is 2. The first-order valence-corrected chi connectivity index (χ1v) is 5.76. The molecule has 2 aromatic carbocycles. The summed E-state index contributed by atoms with van der Waals surface area (Å²) in [4.78, 5) is 0. The van der Waals surface area contributed by atoms with Crippen molar-refractivity contribution in [3.05, 3.63) is 59.7 Å². The minimum atomic E-state index is 0.365. The highest BCUT2D eigenvalue weighted by molar-refractivity contribution is 5.68. The summed E-state index contributed by atoms with van der Waals surface area (Å²) < 4.78 is 0. The van der Waals surface area contributed by atoms with Crippen LogP contribution in [0, 0.1) is 22.7 Å². The van der Waals surface area contributed by atoms with E-state index in [1.165, 1.54) is 0 Å². The molecule has 0 atom stereocenters. The fourth-order valence-corrected chi connectivity index (χ4v) is 1.98. The molecular weight excluding hydrogens is 220 g/mol. The Bertz CT molecular complexity index is 616. The van der Waals surface area contributed by atoms with Gasteiger partial charge >= 0.3 is 0 Å². The lowest BCUT2D eigenvalue weighted by Crippen LogP contribution is -1.92. The van der Waals surface area contributed by atoms with E-state index in [-0.39, 0.29) is 0 Å². The maximum absolute atomic E-state index is 8.90. The van der Waals surface area contributed by atoms with Gasteiger partial charge in [0.2, 0.25) is 0 Å². The molecular formula is C16H12N2. The first-order valence-electron chi connectivity index (χ1n) is 5.76. The molecule has 0 saturated heterocycles. The molecule has 0 aliphatic rings. The van der Waals surface area contributed by atoms with Gasteiger partial charge in [0.1, 0.15) is 0 Å². The third-order valence-corrected chi connectivity index (χ3v) is 2.81. The van der Waals surface area contributed by atoms with Crippen LogP contribution in [0.25, 0.3) is 11.1 Å². The van der Waals surface area contributed by atoms with E-state index in [9.17, 15) is 0 Å². The van der Waals surface area contributed by atoms with Gasteiger partial charge in [-0.1, -0.05) is 48.5 Å². The molecule has 2 rings (SSSR count). The van der Waals surface area contributed by atoms with Crippen LogP contribution in [0.4, 0.5) is 0 Å². The third-order valence-electron chi connectivity index (χ3n) is 2.81. The molecule has 18 heavy (non-hydrogen) atoms. The van der Waals surface area contributed by atoms with Crippen molar-refractivity contribution in [1.82, 2.24) is 0 Å². The number of nitriles is 2. The van der Waals surface area contributed by atoms with Gasteiger partial charge in [0, 0.05) is 0 Å². The van der Waals surface area contributed by atoms with Crippen molar-refractivity contribution in [3.8, 4) is 23.3 Å². The van der Waals surface area contributed by atoms with Crippen molar-refractivity contribution in [1.29, 1.82) is 10.5 Å². The number of nitrogens with zero attached hydrogens (tertiary/aromatic N) is 2. The summed E-state index contributed by atoms with van der Waals surface area (Å²) in [5, 5.41) is 17.6. The molecule has 86 valence electrons. The molecule has 0 bridgehead atoms. The molecule has 0 aromatic heterocycles. The fraction of sp³-hybridized carbons (Fsp3) is 0.125. The summed E-state index contributed by atoms with van der Waals surface area (Å²) >= 11 is 0. The van der Waals surface area contributed by atoms with Gasteiger partial charge in [0.15, 0.2) is 0 Å². The highest BCUT2D eigenvalue weighted by Gasteiger charge is 2.05. The van der Waals surface area contributed by atoms with Crippen LogP contribution in [0.2, 0.25) is 0 Å². The molecule has 0 heterocycles. The minimum absolute atomic E-state index is 0.365. The van der Waals surface area contributed by atoms with Gasteiger partial charge < -0.3 is 0 Å². The van der Waals surface area contributed by atoms with Crippen LogP contribution in [0.1, 0.15) is 11.1 Å². The van der Waals surface area contributed by atoms with Gasteiger partial charge in [-0.15, -0.1) is 0 Å². The Morgan fingerprint density at radius 1 is 0.833 bits per heavy atom. The second-order valence-electron chi connectivity index (χ2n) is 4.03. The molecule has 2 aromatic rings. The Labute approximate surface area is 107 Å². The van der Waals surface area contributed by atoms with Crippen molar-refractivity contribution in [2.24, 2.45) is 0 Å². The monoisotopic (exact) mass is 232 g/mol. The molecule has 0 amide bonds. The topological polar surface area (TPSA) is 47.6 Å². The Balaban J connectivity index is 2.48. The first-order chi connectivity index (χ1) is 8.85. The van der Waals surface area contributed by atoms with E-state index in [0.717, 1.165) is 22.3 Å². The molecule has 0 spiro atoms. The molecule has 0 unspecified atom stereocenters. The zero-order valence-corrected chi connectivity index (χ0v) is 9.93. The summed E-state index contributed by atoms with van der Waals surface area (Å²) in [6.07, 6.45) is 0.747. The molecule has 0 fully saturated rings. The Hall–Kier alpha value is -2.58. The van der Waals surface area contributed by atoms with Gasteiger partial charge in [0.25, 0.3) is 0 Å². The summed E-state index contributed by atoms with van der Waals surface area (Å²) in [6.45, 7) is 0. The normalized spacial score (nSPS) is 9.44. The molecule has 0 radical (unpaired) electrons. The van der Waals surface area contributed by atoms with Gasteiger partial charge in [-0.25, -0.2) is 0 Å². The van der Waals surface area contributed by atoms with Crippen molar-refractivity contribution in [2.75, 3.05) is 0 Å². The largest absolute Gasteiger partial charge is 0.198 e. The highest BCUT2D eigenvalue weighted by Crippen LogP contribution is 2.25. The smallest absolute Gasteiger partial charge is 0.0669 e. The molecule has 0 N–H and O–H groups in total. The van der Waals surface area contributed by atoms with E-state index in [2.05, 4.69) is 12.1 Å². The Morgan fingerprint density at radius 3 is 2.22 bits per heavy atom. The zero-order valence-electron chi connectivity index (χ0n) is 9.93. The van der Waals surface area contributed by atoms with E-state index in [0.29, 0.717) is 12.8 Å². The average molecular weight is 232 g/mol. The second kappa shape index (κ2) is 5.66. The number of benzene rings is 2. The zero-order chi connectivity index (χ0) is 12.8. The lowest BCUT2D eigenvalue weighted by atomic mass is 9.95. The molecule has 2 nitrogen and oxygen atoms in total. The standard InChI is InChI=1S/C16H12N2/c17-10-8-13-6-7-16(15(12-13)9-11-18)14-4-2-1-3-5-14/h1-7,12H,8-9H2. The maximum atomic E-state index is 8.90. The summed E-state index contributed by atoms with van der Waals surface area (Å²) in [6, 6.07) is 20.2. The third kappa shape index (κ3) is 2.56. The van der Waals surface area contributed by atoms with E-state index < -0.39 is 0 Å². The number of hydrogen-bond donors (Lipinski definition) is 0. The average Bonchev–Trinajstić information content (AvgIpc) is 2.41. The quantitative estimate of drug-likeness (QED) is 0.813. The maximum Gasteiger partial charge on any atom is 0.0669 e. The molecule has 0 aliphatic carbocycles. The predicted octanol–water partition coefficient (Wildman–Crippen LogP) is 3.49. The van der Waals surface area contributed by atoms with E-state index in [1.807, 2.05) is 48.5 Å². The highest BCUT2D eigenvalue weighted by atomic mass is 14.2. The molecule has 0 saturated carbocycles. The number of rotatable bonds is 3. The Morgan fingerprint density at radius 2 is 1.56 bits per heavy atom. The first kappa shape index (κ1) is 11.9. The van der Waals surface area contributed by atoms with E-state index >= 15 is 0 Å².